The van der Waals surface area contributed by atoms with Crippen LogP contribution >= 0.6 is 34.2 Å². The van der Waals surface area contributed by atoms with Crippen LogP contribution in [0.2, 0.25) is 5.15 Å². The molecule has 0 saturated heterocycles. The Morgan fingerprint density at radius 3 is 2.80 bits per heavy atom. The zero-order valence-corrected chi connectivity index (χ0v) is 8.27. The molecule has 10 heavy (non-hydrogen) atoms. The maximum atomic E-state index is 5.63. The number of nitrogens with zero attached hydrogens (tertiary/aromatic N) is 1. The first-order valence-electron chi connectivity index (χ1n) is 2.74. The maximum Gasteiger partial charge on any atom is 0.130 e. The molecule has 1 aromatic rings. The fraction of sp³-hybridized carbons (Fsp3) is 0.167. The van der Waals surface area contributed by atoms with Crippen molar-refractivity contribution in [2.24, 2.45) is 0 Å². The van der Waals surface area contributed by atoms with E-state index < -0.39 is 0 Å². The number of aromatic nitrogens is 1. The van der Waals surface area contributed by atoms with E-state index in [0.29, 0.717) is 5.15 Å². The van der Waals surface area contributed by atoms with Crippen LogP contribution in [-0.4, -0.2) is 12.0 Å². The third-order valence-corrected chi connectivity index (χ3v) is 2.12. The van der Waals surface area contributed by atoms with Crippen molar-refractivity contribution in [3.8, 4) is 0 Å². The molecule has 0 saturated carbocycles. The smallest absolute Gasteiger partial charge is 0.130 e. The van der Waals surface area contributed by atoms with E-state index >= 15 is 0 Å². The summed E-state index contributed by atoms with van der Waals surface area (Å²) in [7, 11) is 1.85. The summed E-state index contributed by atoms with van der Waals surface area (Å²) in [4.78, 5) is 4.03. The molecule has 2 nitrogen and oxygen atoms in total. The third-order valence-electron chi connectivity index (χ3n) is 1.08. The summed E-state index contributed by atoms with van der Waals surface area (Å²) < 4.78 is 0.896. The molecule has 1 heterocycles. The van der Waals surface area contributed by atoms with Crippen molar-refractivity contribution in [1.82, 2.24) is 4.98 Å². The molecule has 0 aliphatic carbocycles. The largest absolute Gasteiger partial charge is 0.386 e. The standard InChI is InChI=1S/C6H6ClIN2/c1-9-4-2-3-5(7)10-6(4)8/h2-3,9H,1H3. The second kappa shape index (κ2) is 3.39. The van der Waals surface area contributed by atoms with Gasteiger partial charge in [-0.3, -0.25) is 0 Å². The number of rotatable bonds is 1. The van der Waals surface area contributed by atoms with Crippen LogP contribution in [-0.2, 0) is 0 Å². The molecule has 0 unspecified atom stereocenters. The highest BCUT2D eigenvalue weighted by Crippen LogP contribution is 2.17. The first-order chi connectivity index (χ1) is 4.74. The van der Waals surface area contributed by atoms with Crippen molar-refractivity contribution < 1.29 is 0 Å². The number of pyridine rings is 1. The Hall–Kier alpha value is -0.0300. The Morgan fingerprint density at radius 1 is 1.60 bits per heavy atom. The lowest BCUT2D eigenvalue weighted by atomic mass is 10.4. The van der Waals surface area contributed by atoms with E-state index in [2.05, 4.69) is 32.9 Å². The van der Waals surface area contributed by atoms with Crippen LogP contribution in [0.4, 0.5) is 5.69 Å². The summed E-state index contributed by atoms with van der Waals surface area (Å²) in [6.45, 7) is 0. The van der Waals surface area contributed by atoms with Crippen molar-refractivity contribution in [2.45, 2.75) is 0 Å². The Morgan fingerprint density at radius 2 is 2.30 bits per heavy atom. The Bertz CT molecular complexity index is 239. The molecule has 1 N–H and O–H groups in total. The maximum absolute atomic E-state index is 5.63. The van der Waals surface area contributed by atoms with Gasteiger partial charge < -0.3 is 5.32 Å². The molecule has 0 bridgehead atoms. The number of halogens is 2. The first-order valence-corrected chi connectivity index (χ1v) is 4.19. The molecule has 54 valence electrons. The Kier molecular flexibility index (Phi) is 2.73. The van der Waals surface area contributed by atoms with Gasteiger partial charge in [-0.2, -0.15) is 0 Å². The average Bonchev–Trinajstić information content (AvgIpc) is 1.88. The Labute approximate surface area is 78.1 Å². The van der Waals surface area contributed by atoms with Gasteiger partial charge in [0.2, 0.25) is 0 Å². The predicted molar refractivity (Wildman–Crippen MR) is 51.5 cm³/mol. The summed E-state index contributed by atoms with van der Waals surface area (Å²) >= 11 is 7.76. The van der Waals surface area contributed by atoms with Crippen LogP contribution in [0.25, 0.3) is 0 Å². The van der Waals surface area contributed by atoms with Gasteiger partial charge in [0.15, 0.2) is 0 Å². The molecule has 4 heteroatoms. The van der Waals surface area contributed by atoms with Gasteiger partial charge >= 0.3 is 0 Å². The number of anilines is 1. The summed E-state index contributed by atoms with van der Waals surface area (Å²) in [6, 6.07) is 3.66. The van der Waals surface area contributed by atoms with Crippen LogP contribution in [0.15, 0.2) is 12.1 Å². The van der Waals surface area contributed by atoms with Gasteiger partial charge in [-0.25, -0.2) is 4.98 Å². The Balaban J connectivity index is 3.07. The molecule has 0 aliphatic rings. The topological polar surface area (TPSA) is 24.9 Å². The molecular weight excluding hydrogens is 262 g/mol. The van der Waals surface area contributed by atoms with Crippen LogP contribution < -0.4 is 5.32 Å². The van der Waals surface area contributed by atoms with Gasteiger partial charge in [0, 0.05) is 7.05 Å². The quantitative estimate of drug-likeness (QED) is 0.625. The van der Waals surface area contributed by atoms with Crippen molar-refractivity contribution in [3.63, 3.8) is 0 Å². The lowest BCUT2D eigenvalue weighted by Crippen LogP contribution is -1.93. The fourth-order valence-electron chi connectivity index (χ4n) is 0.599. The van der Waals surface area contributed by atoms with Gasteiger partial charge in [0.05, 0.1) is 5.69 Å². The number of nitrogens with one attached hydrogen (secondary N) is 1. The summed E-state index contributed by atoms with van der Waals surface area (Å²) in [5.41, 5.74) is 1.00. The number of hydrogen-bond donors (Lipinski definition) is 1. The van der Waals surface area contributed by atoms with Crippen LogP contribution in [0.1, 0.15) is 0 Å². The highest BCUT2D eigenvalue weighted by Gasteiger charge is 1.97. The van der Waals surface area contributed by atoms with E-state index in [0.717, 1.165) is 9.39 Å². The summed E-state index contributed by atoms with van der Waals surface area (Å²) in [6.07, 6.45) is 0. The van der Waals surface area contributed by atoms with Crippen molar-refractivity contribution in [2.75, 3.05) is 12.4 Å². The lowest BCUT2D eigenvalue weighted by Gasteiger charge is -2.00. The predicted octanol–water partition coefficient (Wildman–Crippen LogP) is 2.38. The summed E-state index contributed by atoms with van der Waals surface area (Å²) in [5, 5.41) is 3.52. The minimum atomic E-state index is 0.531. The lowest BCUT2D eigenvalue weighted by molar-refractivity contribution is 1.26. The van der Waals surface area contributed by atoms with E-state index in [-0.39, 0.29) is 0 Å². The van der Waals surface area contributed by atoms with Crippen LogP contribution in [0.3, 0.4) is 0 Å². The highest BCUT2D eigenvalue weighted by molar-refractivity contribution is 14.1. The third kappa shape index (κ3) is 1.73. The van der Waals surface area contributed by atoms with E-state index in [1.54, 1.807) is 6.07 Å². The number of hydrogen-bond acceptors (Lipinski definition) is 2. The first kappa shape index (κ1) is 8.07. The second-order valence-corrected chi connectivity index (χ2v) is 3.13. The monoisotopic (exact) mass is 268 g/mol. The van der Waals surface area contributed by atoms with Crippen molar-refractivity contribution in [3.05, 3.63) is 21.0 Å². The molecule has 0 aliphatic heterocycles. The molecule has 0 spiro atoms. The van der Waals surface area contributed by atoms with Gasteiger partial charge in [0.1, 0.15) is 8.85 Å². The molecule has 0 amide bonds. The molecule has 0 atom stereocenters. The molecule has 0 radical (unpaired) electrons. The minimum Gasteiger partial charge on any atom is -0.386 e. The molecule has 0 aromatic carbocycles. The minimum absolute atomic E-state index is 0.531. The van der Waals surface area contributed by atoms with E-state index in [1.807, 2.05) is 13.1 Å². The zero-order valence-electron chi connectivity index (χ0n) is 5.36. The van der Waals surface area contributed by atoms with Crippen molar-refractivity contribution in [1.29, 1.82) is 0 Å². The summed E-state index contributed by atoms with van der Waals surface area (Å²) in [5.74, 6) is 0. The normalized spacial score (nSPS) is 9.50. The average molecular weight is 268 g/mol. The van der Waals surface area contributed by atoms with Gasteiger partial charge in [-0.05, 0) is 34.7 Å². The molecular formula is C6H6ClIN2. The molecule has 1 rings (SSSR count). The molecule has 1 aromatic heterocycles. The SMILES string of the molecule is CNc1ccc(Cl)nc1I. The highest BCUT2D eigenvalue weighted by atomic mass is 127. The zero-order chi connectivity index (χ0) is 7.56. The van der Waals surface area contributed by atoms with E-state index in [1.165, 1.54) is 0 Å². The second-order valence-electron chi connectivity index (χ2n) is 1.72. The fourth-order valence-corrected chi connectivity index (χ4v) is 1.60. The van der Waals surface area contributed by atoms with Gasteiger partial charge in [-0.1, -0.05) is 11.6 Å². The van der Waals surface area contributed by atoms with Crippen molar-refractivity contribution >= 4 is 39.9 Å². The van der Waals surface area contributed by atoms with E-state index in [4.69, 9.17) is 11.6 Å². The van der Waals surface area contributed by atoms with Gasteiger partial charge in [-0.15, -0.1) is 0 Å². The molecule has 0 fully saturated rings. The van der Waals surface area contributed by atoms with Gasteiger partial charge in [0.25, 0.3) is 0 Å². The van der Waals surface area contributed by atoms with Crippen LogP contribution in [0.5, 0.6) is 0 Å². The van der Waals surface area contributed by atoms with E-state index in [9.17, 15) is 0 Å². The van der Waals surface area contributed by atoms with Crippen LogP contribution in [0, 0.1) is 3.70 Å².